The zero-order chi connectivity index (χ0) is 21.6. The van der Waals surface area contributed by atoms with Crippen molar-refractivity contribution in [2.24, 2.45) is 5.92 Å². The van der Waals surface area contributed by atoms with Crippen LogP contribution in [-0.2, 0) is 17.6 Å². The third-order valence-electron chi connectivity index (χ3n) is 5.51. The molecule has 1 aliphatic heterocycles. The third-order valence-corrected chi connectivity index (χ3v) is 5.51. The molecule has 1 aromatic heterocycles. The molecule has 31 heavy (non-hydrogen) atoms. The second-order valence-corrected chi connectivity index (χ2v) is 7.80. The van der Waals surface area contributed by atoms with E-state index in [0.29, 0.717) is 37.4 Å². The van der Waals surface area contributed by atoms with Crippen LogP contribution in [0.5, 0.6) is 5.75 Å². The Morgan fingerprint density at radius 2 is 2.03 bits per heavy atom. The van der Waals surface area contributed by atoms with Crippen molar-refractivity contribution in [2.45, 2.75) is 32.6 Å². The summed E-state index contributed by atoms with van der Waals surface area (Å²) in [4.78, 5) is 19.1. The molecule has 0 radical (unpaired) electrons. The molecule has 1 atom stereocenters. The number of aromatic nitrogens is 2. The number of hydrogen-bond acceptors (Lipinski definition) is 5. The van der Waals surface area contributed by atoms with E-state index in [2.05, 4.69) is 10.1 Å². The van der Waals surface area contributed by atoms with Crippen molar-refractivity contribution >= 4 is 5.91 Å². The molecular formula is C24H26FN3O3. The molecule has 6 nitrogen and oxygen atoms in total. The highest BCUT2D eigenvalue weighted by molar-refractivity contribution is 5.79. The van der Waals surface area contributed by atoms with Crippen LogP contribution in [0.25, 0.3) is 11.4 Å². The van der Waals surface area contributed by atoms with Gasteiger partial charge in [-0.05, 0) is 55.5 Å². The number of rotatable bonds is 7. The zero-order valence-electron chi connectivity index (χ0n) is 17.6. The fourth-order valence-electron chi connectivity index (χ4n) is 3.95. The number of carbonyl (C=O) groups is 1. The van der Waals surface area contributed by atoms with E-state index in [0.717, 1.165) is 30.7 Å². The highest BCUT2D eigenvalue weighted by Gasteiger charge is 2.26. The molecule has 0 saturated carbocycles. The van der Waals surface area contributed by atoms with E-state index in [1.165, 1.54) is 6.07 Å². The minimum Gasteiger partial charge on any atom is -0.494 e. The molecule has 0 spiro atoms. The van der Waals surface area contributed by atoms with Gasteiger partial charge < -0.3 is 14.2 Å². The maximum atomic E-state index is 13.9. The smallest absolute Gasteiger partial charge is 0.227 e. The predicted octanol–water partition coefficient (Wildman–Crippen LogP) is 4.30. The van der Waals surface area contributed by atoms with Gasteiger partial charge in [-0.1, -0.05) is 29.4 Å². The number of nitrogens with zero attached hydrogens (tertiary/aromatic N) is 3. The summed E-state index contributed by atoms with van der Waals surface area (Å²) >= 11 is 0. The monoisotopic (exact) mass is 423 g/mol. The number of benzene rings is 2. The van der Waals surface area contributed by atoms with Crippen LogP contribution >= 0.6 is 0 Å². The molecule has 1 aliphatic rings. The van der Waals surface area contributed by atoms with Gasteiger partial charge in [0, 0.05) is 19.5 Å². The Labute approximate surface area is 181 Å². The third kappa shape index (κ3) is 5.29. The molecule has 162 valence electrons. The topological polar surface area (TPSA) is 68.5 Å². The van der Waals surface area contributed by atoms with Gasteiger partial charge in [-0.2, -0.15) is 4.98 Å². The lowest BCUT2D eigenvalue weighted by atomic mass is 9.94. The number of halogens is 1. The Kier molecular flexibility index (Phi) is 6.60. The molecule has 3 aromatic rings. The summed E-state index contributed by atoms with van der Waals surface area (Å²) in [6.45, 7) is 3.98. The SMILES string of the molecule is CCOc1ccc(CC(=O)N2CCCC(Cc3nc(-c4ccccc4F)no3)C2)cc1. The van der Waals surface area contributed by atoms with Gasteiger partial charge in [-0.3, -0.25) is 4.79 Å². The second-order valence-electron chi connectivity index (χ2n) is 7.80. The van der Waals surface area contributed by atoms with Gasteiger partial charge in [0.1, 0.15) is 11.6 Å². The van der Waals surface area contributed by atoms with Gasteiger partial charge in [0.2, 0.25) is 17.6 Å². The first kappa shape index (κ1) is 21.0. The molecule has 0 aliphatic carbocycles. The predicted molar refractivity (Wildman–Crippen MR) is 114 cm³/mol. The lowest BCUT2D eigenvalue weighted by molar-refractivity contribution is -0.132. The number of likely N-dealkylation sites (tertiary alicyclic amines) is 1. The van der Waals surface area contributed by atoms with E-state index in [1.54, 1.807) is 18.2 Å². The quantitative estimate of drug-likeness (QED) is 0.567. The van der Waals surface area contributed by atoms with Crippen LogP contribution in [0.15, 0.2) is 53.1 Å². The van der Waals surface area contributed by atoms with Crippen LogP contribution < -0.4 is 4.74 Å². The summed E-state index contributed by atoms with van der Waals surface area (Å²) in [5, 5.41) is 3.93. The van der Waals surface area contributed by atoms with Crippen molar-refractivity contribution in [3.8, 4) is 17.1 Å². The van der Waals surface area contributed by atoms with E-state index >= 15 is 0 Å². The van der Waals surface area contributed by atoms with Crippen molar-refractivity contribution in [1.29, 1.82) is 0 Å². The molecule has 7 heteroatoms. The van der Waals surface area contributed by atoms with Gasteiger partial charge in [-0.15, -0.1) is 0 Å². The minimum atomic E-state index is -0.376. The van der Waals surface area contributed by atoms with Crippen molar-refractivity contribution in [3.63, 3.8) is 0 Å². The highest BCUT2D eigenvalue weighted by Crippen LogP contribution is 2.24. The van der Waals surface area contributed by atoms with E-state index in [-0.39, 0.29) is 23.5 Å². The Morgan fingerprint density at radius 1 is 1.23 bits per heavy atom. The number of carbonyl (C=O) groups excluding carboxylic acids is 1. The molecule has 0 bridgehead atoms. The van der Waals surface area contributed by atoms with Crippen molar-refractivity contribution < 1.29 is 18.4 Å². The average molecular weight is 423 g/mol. The minimum absolute atomic E-state index is 0.117. The summed E-state index contributed by atoms with van der Waals surface area (Å²) in [6.07, 6.45) is 2.88. The number of amides is 1. The van der Waals surface area contributed by atoms with Gasteiger partial charge in [-0.25, -0.2) is 4.39 Å². The summed E-state index contributed by atoms with van der Waals surface area (Å²) in [6, 6.07) is 14.0. The standard InChI is InChI=1S/C24H26FN3O3/c1-2-30-19-11-9-17(10-12-19)15-23(29)28-13-5-6-18(16-28)14-22-26-24(27-31-22)20-7-3-4-8-21(20)25/h3-4,7-12,18H,2,5-6,13-16H2,1H3. The average Bonchev–Trinajstić information content (AvgIpc) is 3.24. The Balaban J connectivity index is 1.34. The summed E-state index contributed by atoms with van der Waals surface area (Å²) in [5.41, 5.74) is 1.30. The number of piperidine rings is 1. The van der Waals surface area contributed by atoms with Crippen LogP contribution in [0.4, 0.5) is 4.39 Å². The Bertz CT molecular complexity index is 1020. The van der Waals surface area contributed by atoms with Crippen LogP contribution in [0, 0.1) is 11.7 Å². The molecule has 1 saturated heterocycles. The van der Waals surface area contributed by atoms with Crippen molar-refractivity contribution in [1.82, 2.24) is 15.0 Å². The fraction of sp³-hybridized carbons (Fsp3) is 0.375. The highest BCUT2D eigenvalue weighted by atomic mass is 19.1. The summed E-state index contributed by atoms with van der Waals surface area (Å²) in [7, 11) is 0. The van der Waals surface area contributed by atoms with Crippen molar-refractivity contribution in [3.05, 3.63) is 65.8 Å². The fourth-order valence-corrected chi connectivity index (χ4v) is 3.95. The molecule has 4 rings (SSSR count). The first-order valence-corrected chi connectivity index (χ1v) is 10.7. The maximum absolute atomic E-state index is 13.9. The molecule has 0 N–H and O–H groups in total. The summed E-state index contributed by atoms with van der Waals surface area (Å²) < 4.78 is 24.8. The van der Waals surface area contributed by atoms with Crippen LogP contribution in [0.3, 0.4) is 0 Å². The molecule has 1 fully saturated rings. The van der Waals surface area contributed by atoms with E-state index in [1.807, 2.05) is 36.1 Å². The molecule has 2 aromatic carbocycles. The molecular weight excluding hydrogens is 397 g/mol. The van der Waals surface area contributed by atoms with Gasteiger partial charge in [0.25, 0.3) is 0 Å². The van der Waals surface area contributed by atoms with E-state index in [9.17, 15) is 9.18 Å². The second kappa shape index (κ2) is 9.73. The van der Waals surface area contributed by atoms with Gasteiger partial charge in [0.15, 0.2) is 0 Å². The molecule has 1 amide bonds. The summed E-state index contributed by atoms with van der Waals surface area (Å²) in [5.74, 6) is 1.53. The van der Waals surface area contributed by atoms with Crippen molar-refractivity contribution in [2.75, 3.05) is 19.7 Å². The Hall–Kier alpha value is -3.22. The lowest BCUT2D eigenvalue weighted by Gasteiger charge is -2.32. The number of hydrogen-bond donors (Lipinski definition) is 0. The van der Waals surface area contributed by atoms with Crippen LogP contribution in [0.2, 0.25) is 0 Å². The molecule has 2 heterocycles. The normalized spacial score (nSPS) is 16.3. The van der Waals surface area contributed by atoms with Gasteiger partial charge in [0.05, 0.1) is 18.6 Å². The first-order valence-electron chi connectivity index (χ1n) is 10.7. The van der Waals surface area contributed by atoms with Crippen LogP contribution in [0.1, 0.15) is 31.2 Å². The van der Waals surface area contributed by atoms with Gasteiger partial charge >= 0.3 is 0 Å². The van der Waals surface area contributed by atoms with E-state index < -0.39 is 0 Å². The van der Waals surface area contributed by atoms with Crippen LogP contribution in [-0.4, -0.2) is 40.6 Å². The van der Waals surface area contributed by atoms with E-state index in [4.69, 9.17) is 9.26 Å². The lowest BCUT2D eigenvalue weighted by Crippen LogP contribution is -2.41. The maximum Gasteiger partial charge on any atom is 0.227 e. The first-order chi connectivity index (χ1) is 15.1. The zero-order valence-corrected chi connectivity index (χ0v) is 17.6. The molecule has 1 unspecified atom stereocenters. The Morgan fingerprint density at radius 3 is 2.81 bits per heavy atom. The number of ether oxygens (including phenoxy) is 1. The largest absolute Gasteiger partial charge is 0.494 e.